The normalized spacial score (nSPS) is 9.90. The molecule has 0 amide bonds. The van der Waals surface area contributed by atoms with E-state index < -0.39 is 0 Å². The van der Waals surface area contributed by atoms with Gasteiger partial charge in [0, 0.05) is 18.3 Å². The molecule has 51 valence electrons. The fourth-order valence-corrected chi connectivity index (χ4v) is 2.20. The largest absolute Gasteiger partial charge is 0.0609 e. The molecular weight excluding hydrogens is 319 g/mol. The van der Waals surface area contributed by atoms with Crippen LogP contribution < -0.4 is 0 Å². The van der Waals surface area contributed by atoms with Gasteiger partial charge in [0.05, 0.1) is 0 Å². The van der Waals surface area contributed by atoms with Gasteiger partial charge in [0.25, 0.3) is 0 Å². The minimum Gasteiger partial charge on any atom is -0.0609 e. The van der Waals surface area contributed by atoms with Gasteiger partial charge in [-0.2, -0.15) is 0 Å². The molecule has 0 unspecified atom stereocenters. The summed E-state index contributed by atoms with van der Waals surface area (Å²) in [5.41, 5.74) is 1.29. The lowest BCUT2D eigenvalue weighted by Crippen LogP contribution is -1.86. The number of hydrogen-bond donors (Lipinski definition) is 0. The first-order valence-electron chi connectivity index (χ1n) is 2.83. The van der Waals surface area contributed by atoms with Crippen molar-refractivity contribution in [1.29, 1.82) is 0 Å². The number of rotatable bonds is 1. The van der Waals surface area contributed by atoms with E-state index >= 15 is 0 Å². The first-order chi connectivity index (χ1) is 4.75. The Bertz CT molecular complexity index is 237. The first kappa shape index (κ1) is 8.74. The summed E-state index contributed by atoms with van der Waals surface area (Å²) in [5.74, 6) is 0. The van der Waals surface area contributed by atoms with Crippen LogP contribution in [0.15, 0.2) is 22.7 Å². The molecule has 0 fully saturated rings. The van der Waals surface area contributed by atoms with Gasteiger partial charge in [-0.05, 0) is 56.2 Å². The number of benzene rings is 1. The van der Waals surface area contributed by atoms with Crippen LogP contribution in [0.5, 0.6) is 0 Å². The molecule has 1 rings (SSSR count). The standard InChI is InChI=1S/C7H5BrISi/c8-7-5(4-10)2-1-3-6(7)9/h1-3H,4H2. The lowest BCUT2D eigenvalue weighted by molar-refractivity contribution is 1.35. The van der Waals surface area contributed by atoms with Crippen molar-refractivity contribution in [3.8, 4) is 0 Å². The molecule has 1 aromatic rings. The van der Waals surface area contributed by atoms with Gasteiger partial charge >= 0.3 is 0 Å². The van der Waals surface area contributed by atoms with Crippen molar-refractivity contribution in [2.24, 2.45) is 0 Å². The number of hydrogen-bond acceptors (Lipinski definition) is 0. The molecule has 0 aliphatic carbocycles. The van der Waals surface area contributed by atoms with Crippen molar-refractivity contribution in [1.82, 2.24) is 0 Å². The molecule has 0 aliphatic heterocycles. The van der Waals surface area contributed by atoms with Gasteiger partial charge in [0.2, 0.25) is 0 Å². The second kappa shape index (κ2) is 3.87. The van der Waals surface area contributed by atoms with Crippen LogP contribution in [0.4, 0.5) is 0 Å². The molecule has 0 saturated carbocycles. The average molecular weight is 324 g/mol. The zero-order valence-corrected chi connectivity index (χ0v) is 9.94. The van der Waals surface area contributed by atoms with Gasteiger partial charge in [0.15, 0.2) is 0 Å². The average Bonchev–Trinajstić information content (AvgIpc) is 1.95. The van der Waals surface area contributed by atoms with Crippen LogP contribution in [0.3, 0.4) is 0 Å². The van der Waals surface area contributed by atoms with Crippen LogP contribution in [-0.2, 0) is 6.04 Å². The fourth-order valence-electron chi connectivity index (χ4n) is 0.685. The highest BCUT2D eigenvalue weighted by Gasteiger charge is 1.98. The second-order valence-corrected chi connectivity index (χ2v) is 4.20. The minimum absolute atomic E-state index is 0.900. The molecule has 0 atom stereocenters. The van der Waals surface area contributed by atoms with Crippen LogP contribution in [-0.4, -0.2) is 10.2 Å². The summed E-state index contributed by atoms with van der Waals surface area (Å²) in [6.45, 7) is 0. The summed E-state index contributed by atoms with van der Waals surface area (Å²) in [4.78, 5) is 0. The zero-order valence-electron chi connectivity index (χ0n) is 5.20. The quantitative estimate of drug-likeness (QED) is 0.550. The molecule has 0 bridgehead atoms. The van der Waals surface area contributed by atoms with E-state index in [2.05, 4.69) is 67.0 Å². The van der Waals surface area contributed by atoms with Crippen LogP contribution in [0.1, 0.15) is 5.56 Å². The molecule has 3 radical (unpaired) electrons. The van der Waals surface area contributed by atoms with Crippen molar-refractivity contribution < 1.29 is 0 Å². The van der Waals surface area contributed by atoms with Gasteiger partial charge in [-0.15, -0.1) is 0 Å². The Labute approximate surface area is 86.1 Å². The van der Waals surface area contributed by atoms with Gasteiger partial charge in [-0.3, -0.25) is 0 Å². The van der Waals surface area contributed by atoms with Gasteiger partial charge in [-0.1, -0.05) is 12.1 Å². The predicted octanol–water partition coefficient (Wildman–Crippen LogP) is 2.72. The van der Waals surface area contributed by atoms with E-state index in [1.165, 1.54) is 13.6 Å². The van der Waals surface area contributed by atoms with E-state index in [1.54, 1.807) is 0 Å². The highest BCUT2D eigenvalue weighted by atomic mass is 127. The molecule has 3 heteroatoms. The van der Waals surface area contributed by atoms with Crippen LogP contribution in [0.2, 0.25) is 0 Å². The molecule has 0 aliphatic rings. The maximum atomic E-state index is 3.50. The highest BCUT2D eigenvalue weighted by molar-refractivity contribution is 14.1. The Hall–Kier alpha value is 0.647. The Morgan fingerprint density at radius 2 is 2.20 bits per heavy atom. The zero-order chi connectivity index (χ0) is 7.56. The minimum atomic E-state index is 0.900. The van der Waals surface area contributed by atoms with Gasteiger partial charge < -0.3 is 0 Å². The smallest absolute Gasteiger partial charge is 0.0337 e. The summed E-state index contributed by atoms with van der Waals surface area (Å²) in [6, 6.07) is 7.13. The summed E-state index contributed by atoms with van der Waals surface area (Å²) < 4.78 is 2.46. The van der Waals surface area contributed by atoms with E-state index in [0.29, 0.717) is 0 Å². The monoisotopic (exact) mass is 323 g/mol. The fraction of sp³-hybridized carbons (Fsp3) is 0.143. The lowest BCUT2D eigenvalue weighted by Gasteiger charge is -2.01. The molecule has 0 spiro atoms. The van der Waals surface area contributed by atoms with Gasteiger partial charge in [0.1, 0.15) is 0 Å². The van der Waals surface area contributed by atoms with Crippen molar-refractivity contribution >= 4 is 48.8 Å². The maximum Gasteiger partial charge on any atom is 0.0337 e. The van der Waals surface area contributed by atoms with E-state index in [-0.39, 0.29) is 0 Å². The molecule has 0 saturated heterocycles. The molecular formula is C7H5BrISi. The maximum absolute atomic E-state index is 3.50. The summed E-state index contributed by atoms with van der Waals surface area (Å²) in [5, 5.41) is 0. The first-order valence-corrected chi connectivity index (χ1v) is 5.41. The Balaban J connectivity index is 3.14. The van der Waals surface area contributed by atoms with E-state index in [0.717, 1.165) is 6.04 Å². The number of halogens is 2. The molecule has 10 heavy (non-hydrogen) atoms. The van der Waals surface area contributed by atoms with E-state index in [9.17, 15) is 0 Å². The molecule has 0 aromatic heterocycles. The lowest BCUT2D eigenvalue weighted by atomic mass is 10.2. The van der Waals surface area contributed by atoms with E-state index in [4.69, 9.17) is 0 Å². The third-order valence-corrected chi connectivity index (χ3v) is 4.18. The van der Waals surface area contributed by atoms with Crippen molar-refractivity contribution in [2.45, 2.75) is 6.04 Å². The third-order valence-electron chi connectivity index (χ3n) is 1.22. The van der Waals surface area contributed by atoms with Crippen molar-refractivity contribution in [3.05, 3.63) is 31.8 Å². The molecule has 0 heterocycles. The Morgan fingerprint density at radius 3 is 2.70 bits per heavy atom. The predicted molar refractivity (Wildman–Crippen MR) is 56.3 cm³/mol. The molecule has 0 nitrogen and oxygen atoms in total. The summed E-state index contributed by atoms with van der Waals surface area (Å²) in [6.07, 6.45) is 0. The van der Waals surface area contributed by atoms with Gasteiger partial charge in [-0.25, -0.2) is 0 Å². The van der Waals surface area contributed by atoms with Crippen molar-refractivity contribution in [2.75, 3.05) is 0 Å². The molecule has 0 N–H and O–H groups in total. The van der Waals surface area contributed by atoms with E-state index in [1.807, 2.05) is 0 Å². The second-order valence-electron chi connectivity index (χ2n) is 1.89. The summed E-state index contributed by atoms with van der Waals surface area (Å²) in [7, 11) is 3.46. The Kier molecular flexibility index (Phi) is 3.39. The highest BCUT2D eigenvalue weighted by Crippen LogP contribution is 2.22. The van der Waals surface area contributed by atoms with Crippen LogP contribution in [0, 0.1) is 3.57 Å². The van der Waals surface area contributed by atoms with Crippen molar-refractivity contribution in [3.63, 3.8) is 0 Å². The summed E-state index contributed by atoms with van der Waals surface area (Å²) >= 11 is 5.81. The Morgan fingerprint density at radius 1 is 1.50 bits per heavy atom. The molecule has 1 aromatic carbocycles. The SMILES string of the molecule is [Si]Cc1cccc(I)c1Br. The van der Waals surface area contributed by atoms with Crippen LogP contribution in [0.25, 0.3) is 0 Å². The third kappa shape index (κ3) is 1.82. The van der Waals surface area contributed by atoms with Crippen LogP contribution >= 0.6 is 38.5 Å². The topological polar surface area (TPSA) is 0 Å².